The second kappa shape index (κ2) is 13.9. The Morgan fingerprint density at radius 3 is 1.33 bits per heavy atom. The summed E-state index contributed by atoms with van der Waals surface area (Å²) in [5.41, 5.74) is 4.40. The van der Waals surface area contributed by atoms with E-state index in [4.69, 9.17) is 10.2 Å². The van der Waals surface area contributed by atoms with Crippen LogP contribution in [-0.2, 0) is 0 Å². The van der Waals surface area contributed by atoms with Gasteiger partial charge in [-0.3, -0.25) is 0 Å². The Morgan fingerprint density at radius 1 is 1.25 bits per heavy atom. The van der Waals surface area contributed by atoms with E-state index < -0.39 is 5.17 Å². The van der Waals surface area contributed by atoms with Crippen LogP contribution in [0.2, 0.25) is 0 Å². The predicted molar refractivity (Wildman–Crippen MR) is 59.1 cm³/mol. The summed E-state index contributed by atoms with van der Waals surface area (Å²) in [6, 6.07) is 0. The molecular weight excluding hydrogens is 211 g/mol. The summed E-state index contributed by atoms with van der Waals surface area (Å²) in [6.45, 7) is 0. The summed E-state index contributed by atoms with van der Waals surface area (Å²) >= 11 is 8.17. The molecule has 0 fully saturated rings. The molecule has 0 saturated heterocycles. The Balaban J connectivity index is -0.0000000483. The second-order valence-electron chi connectivity index (χ2n) is 1.52. The van der Waals surface area contributed by atoms with Crippen LogP contribution in [0.5, 0.6) is 0 Å². The van der Waals surface area contributed by atoms with Gasteiger partial charge in [0.1, 0.15) is 0 Å². The van der Waals surface area contributed by atoms with E-state index in [-0.39, 0.29) is 40.2 Å². The summed E-state index contributed by atoms with van der Waals surface area (Å²) in [5.74, 6) is 0. The normalized spacial score (nSPS) is 5.83. The van der Waals surface area contributed by atoms with Crippen molar-refractivity contribution in [3.05, 3.63) is 0 Å². The number of nitrogens with two attached hydrogens (primary N) is 1. The molecule has 12 heavy (non-hydrogen) atoms. The van der Waals surface area contributed by atoms with Gasteiger partial charge in [-0.1, -0.05) is 0 Å². The van der Waals surface area contributed by atoms with Crippen molar-refractivity contribution in [1.82, 2.24) is 4.90 Å². The Bertz CT molecular complexity index is 129. The van der Waals surface area contributed by atoms with E-state index >= 15 is 0 Å². The van der Waals surface area contributed by atoms with Gasteiger partial charge in [0.15, 0.2) is 0 Å². The third-order valence-corrected chi connectivity index (χ3v) is 0.748. The van der Waals surface area contributed by atoms with Gasteiger partial charge in [0, 0.05) is 14.1 Å². The van der Waals surface area contributed by atoms with E-state index in [0.29, 0.717) is 0 Å². The topological polar surface area (TPSA) is 101 Å². The molecule has 0 unspecified atom stereocenters. The maximum absolute atomic E-state index is 8.29. The Hall–Kier alpha value is 0.340. The van der Waals surface area contributed by atoms with E-state index in [2.05, 4.69) is 30.2 Å². The number of thiocarbonyl (C=S) groups is 2. The van der Waals surface area contributed by atoms with E-state index in [1.165, 1.54) is 4.90 Å². The van der Waals surface area contributed by atoms with Crippen LogP contribution in [0, 0.1) is 0 Å². The monoisotopic (exact) mass is 224 g/mol. The molecule has 0 aliphatic carbocycles. The minimum atomic E-state index is -0.500. The molecule has 0 aromatic carbocycles. The van der Waals surface area contributed by atoms with E-state index in [1.54, 1.807) is 14.1 Å². The molecule has 0 spiro atoms. The molecule has 6 N–H and O–H groups in total. The molecule has 0 rings (SSSR count). The van der Waals surface area contributed by atoms with Crippen LogP contribution in [0.15, 0.2) is 0 Å². The van der Waals surface area contributed by atoms with Crippen LogP contribution in [0.1, 0.15) is 0 Å². The van der Waals surface area contributed by atoms with Gasteiger partial charge in [0.2, 0.25) is 0 Å². The van der Waals surface area contributed by atoms with Crippen LogP contribution in [0.4, 0.5) is 0 Å². The average Bonchev–Trinajstić information content (AvgIpc) is 1.63. The van der Waals surface area contributed by atoms with Crippen molar-refractivity contribution in [2.45, 2.75) is 0 Å². The molecule has 0 aromatic heterocycles. The van der Waals surface area contributed by atoms with Gasteiger partial charge in [-0.2, -0.15) is 0 Å². The summed E-state index contributed by atoms with van der Waals surface area (Å²) in [5, 5.41) is 15.3. The molecule has 0 aliphatic heterocycles. The molecule has 0 amide bonds. The molecule has 8 heteroatoms. The third kappa shape index (κ3) is 47.9. The van der Waals surface area contributed by atoms with E-state index in [0.717, 1.165) is 0 Å². The number of aliphatic hydroxyl groups excluding tert-OH is 2. The van der Waals surface area contributed by atoms with Gasteiger partial charge in [-0.25, -0.2) is 0 Å². The second-order valence-corrected chi connectivity index (χ2v) is 2.30. The van der Waals surface area contributed by atoms with Gasteiger partial charge < -0.3 is 26.3 Å². The molecule has 0 aromatic rings. The van der Waals surface area contributed by atoms with Crippen LogP contribution < -0.4 is 5.73 Å². The number of rotatable bonds is 0. The first kappa shape index (κ1) is 22.8. The fourth-order valence-electron chi connectivity index (χ4n) is 0. The number of nitrogens with zero attached hydrogens (tertiary/aromatic N) is 1. The number of aliphatic hydroxyl groups is 2. The maximum atomic E-state index is 8.29. The molecular formula is C4H13N2NaO3S2. The Kier molecular flexibility index (Phi) is 26.4. The van der Waals surface area contributed by atoms with Crippen molar-refractivity contribution in [3.63, 3.8) is 0 Å². The van der Waals surface area contributed by atoms with Crippen LogP contribution >= 0.6 is 24.4 Å². The summed E-state index contributed by atoms with van der Waals surface area (Å²) in [4.78, 5) is 1.45. The zero-order valence-corrected chi connectivity index (χ0v) is 7.87. The van der Waals surface area contributed by atoms with Crippen LogP contribution in [0.3, 0.4) is 0 Å². The van der Waals surface area contributed by atoms with E-state index in [1.807, 2.05) is 0 Å². The standard InChI is InChI=1S/C3H7NOS.CH3NOS.Na.H2O.H/c1-4(2)3(5)6;2-1(3)4;;;/h1-2H3,(H,5,6);(H3,2,3,4);;1H2;. The van der Waals surface area contributed by atoms with Crippen molar-refractivity contribution < 1.29 is 15.7 Å². The molecule has 0 atom stereocenters. The first-order chi connectivity index (χ1) is 4.37. The number of hydrogen-bond acceptors (Lipinski definition) is 2. The van der Waals surface area contributed by atoms with Crippen molar-refractivity contribution in [3.8, 4) is 0 Å². The average molecular weight is 224 g/mol. The van der Waals surface area contributed by atoms with Crippen LogP contribution in [0.25, 0.3) is 0 Å². The van der Waals surface area contributed by atoms with E-state index in [9.17, 15) is 0 Å². The summed E-state index contributed by atoms with van der Waals surface area (Å²) in [6.07, 6.45) is 0. The van der Waals surface area contributed by atoms with Gasteiger partial charge in [-0.05, 0) is 24.4 Å². The zero-order chi connectivity index (χ0) is 8.73. The molecule has 5 nitrogen and oxygen atoms in total. The third-order valence-electron chi connectivity index (χ3n) is 0.383. The summed E-state index contributed by atoms with van der Waals surface area (Å²) < 4.78 is 0. The quantitative estimate of drug-likeness (QED) is 0.349. The fraction of sp³-hybridized carbons (Fsp3) is 0.500. The van der Waals surface area contributed by atoms with Gasteiger partial charge >= 0.3 is 29.6 Å². The van der Waals surface area contributed by atoms with Gasteiger partial charge in [0.05, 0.1) is 0 Å². The van der Waals surface area contributed by atoms with Crippen molar-refractivity contribution in [1.29, 1.82) is 0 Å². The van der Waals surface area contributed by atoms with Crippen molar-refractivity contribution >= 4 is 64.3 Å². The Morgan fingerprint density at radius 2 is 1.33 bits per heavy atom. The first-order valence-electron chi connectivity index (χ1n) is 2.26. The SMILES string of the molecule is CN(C)C(O)=S.NC(O)=S.O.[NaH]. The zero-order valence-electron chi connectivity index (χ0n) is 6.24. The summed E-state index contributed by atoms with van der Waals surface area (Å²) in [7, 11) is 3.37. The molecule has 70 valence electrons. The first-order valence-corrected chi connectivity index (χ1v) is 3.08. The molecule has 0 saturated carbocycles. The van der Waals surface area contributed by atoms with Gasteiger partial charge in [0.25, 0.3) is 10.3 Å². The molecule has 0 bridgehead atoms. The van der Waals surface area contributed by atoms with Crippen molar-refractivity contribution in [2.24, 2.45) is 5.73 Å². The molecule has 0 heterocycles. The Labute approximate surface area is 104 Å². The number of hydrogen-bond donors (Lipinski definition) is 3. The molecule has 0 radical (unpaired) electrons. The molecule has 0 aliphatic rings. The fourth-order valence-corrected chi connectivity index (χ4v) is 0. The minimum absolute atomic E-state index is 0. The van der Waals surface area contributed by atoms with Crippen LogP contribution in [-0.4, -0.2) is 74.6 Å². The van der Waals surface area contributed by atoms with Gasteiger partial charge in [-0.15, -0.1) is 0 Å². The predicted octanol–water partition coefficient (Wildman–Crippen LogP) is -1.29. The van der Waals surface area contributed by atoms with Crippen molar-refractivity contribution in [2.75, 3.05) is 14.1 Å².